The Balaban J connectivity index is 1.69. The Labute approximate surface area is 238 Å². The number of halogens is 2. The van der Waals surface area contributed by atoms with Crippen molar-refractivity contribution in [2.75, 3.05) is 13.7 Å². The minimum Gasteiger partial charge on any atom is -0.476 e. The number of aromatic carboxylic acids is 1. The van der Waals surface area contributed by atoms with Gasteiger partial charge in [-0.1, -0.05) is 17.9 Å². The summed E-state index contributed by atoms with van der Waals surface area (Å²) in [6.45, 7) is 0.116. The van der Waals surface area contributed by atoms with Crippen LogP contribution in [0.1, 0.15) is 45.7 Å². The number of carbonyl (C=O) groups is 1. The zero-order valence-corrected chi connectivity index (χ0v) is 23.4. The van der Waals surface area contributed by atoms with Crippen LogP contribution >= 0.6 is 11.3 Å². The minimum absolute atomic E-state index is 0.116. The summed E-state index contributed by atoms with van der Waals surface area (Å²) in [5, 5.41) is 21.1. The van der Waals surface area contributed by atoms with Gasteiger partial charge in [0, 0.05) is 30.0 Å². The van der Waals surface area contributed by atoms with Gasteiger partial charge >= 0.3 is 5.97 Å². The third-order valence-corrected chi connectivity index (χ3v) is 8.28. The molecule has 0 spiro atoms. The van der Waals surface area contributed by atoms with Gasteiger partial charge in [-0.05, 0) is 61.1 Å². The van der Waals surface area contributed by atoms with Gasteiger partial charge in [0.05, 0.1) is 17.0 Å². The first-order chi connectivity index (χ1) is 19.5. The lowest BCUT2D eigenvalue weighted by molar-refractivity contribution is 0.0691. The van der Waals surface area contributed by atoms with E-state index in [1.54, 1.807) is 16.8 Å². The summed E-state index contributed by atoms with van der Waals surface area (Å²) in [7, 11) is -2.77. The molecule has 41 heavy (non-hydrogen) atoms. The molecule has 3 N–H and O–H groups in total. The lowest BCUT2D eigenvalue weighted by Gasteiger charge is -2.10. The number of thiazole rings is 1. The third kappa shape index (κ3) is 6.36. The molecule has 0 bridgehead atoms. The maximum Gasteiger partial charge on any atom is 0.355 e. The molecule has 0 aliphatic heterocycles. The number of benzene rings is 2. The standard InChI is InChI=1S/C28H24F2N4O5S2/c1-39-10-2-3-18-14-19(7-8-21(18)29)26-20(11-17-6-9-25(22(30)12-17)41(31,37)38)24(13-16-4-5-16)34(33-26)28-32-23(15-40-28)27(35)36/h6-9,12,14-16H,4-5,10-11,13H2,1H3,(H,35,36)(H2,31,37,38). The summed E-state index contributed by atoms with van der Waals surface area (Å²) >= 11 is 1.11. The molecule has 9 nitrogen and oxygen atoms in total. The lowest BCUT2D eigenvalue weighted by atomic mass is 9.96. The molecule has 1 fully saturated rings. The number of sulfonamides is 1. The topological polar surface area (TPSA) is 137 Å². The Bertz CT molecular complexity index is 1820. The number of ether oxygens (including phenoxy) is 1. The monoisotopic (exact) mass is 598 g/mol. The van der Waals surface area contributed by atoms with Crippen LogP contribution in [-0.2, 0) is 27.6 Å². The van der Waals surface area contributed by atoms with Crippen LogP contribution in [-0.4, -0.2) is 48.0 Å². The first-order valence-electron chi connectivity index (χ1n) is 12.4. The number of carboxylic acid groups (broad SMARTS) is 1. The summed E-state index contributed by atoms with van der Waals surface area (Å²) in [6, 6.07) is 8.10. The molecule has 0 atom stereocenters. The van der Waals surface area contributed by atoms with Gasteiger partial charge in [0.1, 0.15) is 23.1 Å². The van der Waals surface area contributed by atoms with Gasteiger partial charge in [-0.2, -0.15) is 5.10 Å². The molecule has 1 saturated carbocycles. The average Bonchev–Trinajstić information content (AvgIpc) is 3.47. The summed E-state index contributed by atoms with van der Waals surface area (Å²) in [6.07, 6.45) is 2.76. The van der Waals surface area contributed by atoms with Gasteiger partial charge in [-0.25, -0.2) is 36.8 Å². The number of hydrogen-bond donors (Lipinski definition) is 2. The van der Waals surface area contributed by atoms with Crippen molar-refractivity contribution in [3.63, 3.8) is 0 Å². The number of methoxy groups -OCH3 is 1. The van der Waals surface area contributed by atoms with Crippen LogP contribution < -0.4 is 5.14 Å². The van der Waals surface area contributed by atoms with Gasteiger partial charge < -0.3 is 9.84 Å². The Hall–Kier alpha value is -3.96. The zero-order chi connectivity index (χ0) is 29.3. The Morgan fingerprint density at radius 1 is 1.22 bits per heavy atom. The number of primary sulfonamides is 1. The van der Waals surface area contributed by atoms with Crippen LogP contribution in [0.2, 0.25) is 0 Å². The molecule has 1 aliphatic carbocycles. The smallest absolute Gasteiger partial charge is 0.355 e. The van der Waals surface area contributed by atoms with Crippen LogP contribution in [0.4, 0.5) is 8.78 Å². The molecule has 0 unspecified atom stereocenters. The summed E-state index contributed by atoms with van der Waals surface area (Å²) in [4.78, 5) is 15.2. The molecule has 5 rings (SSSR count). The van der Waals surface area contributed by atoms with Crippen LogP contribution in [0.3, 0.4) is 0 Å². The molecule has 0 radical (unpaired) electrons. The van der Waals surface area contributed by atoms with Crippen molar-refractivity contribution < 1.29 is 31.8 Å². The number of rotatable bonds is 9. The van der Waals surface area contributed by atoms with E-state index in [0.29, 0.717) is 39.9 Å². The Morgan fingerprint density at radius 2 is 2.00 bits per heavy atom. The second-order valence-electron chi connectivity index (χ2n) is 9.57. The van der Waals surface area contributed by atoms with Crippen molar-refractivity contribution in [2.45, 2.75) is 30.6 Å². The van der Waals surface area contributed by atoms with E-state index in [4.69, 9.17) is 15.0 Å². The first kappa shape index (κ1) is 28.6. The number of aromatic nitrogens is 3. The van der Waals surface area contributed by atoms with E-state index in [2.05, 4.69) is 16.8 Å². The van der Waals surface area contributed by atoms with Crippen molar-refractivity contribution in [2.24, 2.45) is 11.1 Å². The molecule has 212 valence electrons. The molecule has 1 aliphatic rings. The van der Waals surface area contributed by atoms with Gasteiger partial charge in [0.15, 0.2) is 5.69 Å². The predicted molar refractivity (Wildman–Crippen MR) is 147 cm³/mol. The van der Waals surface area contributed by atoms with E-state index in [1.165, 1.54) is 24.6 Å². The highest BCUT2D eigenvalue weighted by Crippen LogP contribution is 2.38. The summed E-state index contributed by atoms with van der Waals surface area (Å²) in [5.74, 6) is 3.19. The van der Waals surface area contributed by atoms with Gasteiger partial charge in [-0.3, -0.25) is 0 Å². The highest BCUT2D eigenvalue weighted by Gasteiger charge is 2.29. The molecule has 2 heterocycles. The largest absolute Gasteiger partial charge is 0.476 e. The molecule has 4 aromatic rings. The Kier molecular flexibility index (Phi) is 8.01. The average molecular weight is 599 g/mol. The third-order valence-electron chi connectivity index (χ3n) is 6.52. The second-order valence-corrected chi connectivity index (χ2v) is 11.9. The van der Waals surface area contributed by atoms with E-state index in [1.807, 2.05) is 0 Å². The fourth-order valence-electron chi connectivity index (χ4n) is 4.39. The van der Waals surface area contributed by atoms with Crippen molar-refractivity contribution in [3.05, 3.63) is 81.5 Å². The molecule has 2 aromatic carbocycles. The first-order valence-corrected chi connectivity index (χ1v) is 14.9. The van der Waals surface area contributed by atoms with Gasteiger partial charge in [-0.15, -0.1) is 11.3 Å². The van der Waals surface area contributed by atoms with Crippen LogP contribution in [0.25, 0.3) is 16.4 Å². The van der Waals surface area contributed by atoms with Crippen molar-refractivity contribution in [1.29, 1.82) is 0 Å². The SMILES string of the molecule is COCC#Cc1cc(-c2nn(-c3nc(C(=O)O)cs3)c(CC3CC3)c2Cc2ccc(S(N)(=O)=O)c(F)c2)ccc1F. The van der Waals surface area contributed by atoms with E-state index in [9.17, 15) is 27.1 Å². The Morgan fingerprint density at radius 3 is 2.63 bits per heavy atom. The van der Waals surface area contributed by atoms with E-state index in [-0.39, 0.29) is 24.3 Å². The molecule has 0 amide bonds. The fourth-order valence-corrected chi connectivity index (χ4v) is 5.75. The summed E-state index contributed by atoms with van der Waals surface area (Å²) in [5.41, 5.74) is 2.90. The van der Waals surface area contributed by atoms with Crippen LogP contribution in [0.5, 0.6) is 0 Å². The quantitative estimate of drug-likeness (QED) is 0.276. The maximum absolute atomic E-state index is 14.8. The van der Waals surface area contributed by atoms with Gasteiger partial charge in [0.2, 0.25) is 15.2 Å². The van der Waals surface area contributed by atoms with Crippen molar-refractivity contribution in [1.82, 2.24) is 14.8 Å². The fraction of sp³-hybridized carbons (Fsp3) is 0.250. The van der Waals surface area contributed by atoms with Crippen molar-refractivity contribution >= 4 is 27.3 Å². The van der Waals surface area contributed by atoms with E-state index >= 15 is 0 Å². The molecule has 2 aromatic heterocycles. The van der Waals surface area contributed by atoms with Crippen molar-refractivity contribution in [3.8, 4) is 28.2 Å². The number of nitrogens with two attached hydrogens (primary N) is 1. The molecule has 13 heteroatoms. The van der Waals surface area contributed by atoms with E-state index in [0.717, 1.165) is 42.0 Å². The predicted octanol–water partition coefficient (Wildman–Crippen LogP) is 4.16. The zero-order valence-electron chi connectivity index (χ0n) is 21.7. The van der Waals surface area contributed by atoms with Gasteiger partial charge in [0.25, 0.3) is 0 Å². The number of carboxylic acids is 1. The van der Waals surface area contributed by atoms with Crippen LogP contribution in [0, 0.1) is 29.4 Å². The number of nitrogens with zero attached hydrogens (tertiary/aromatic N) is 3. The highest BCUT2D eigenvalue weighted by atomic mass is 32.2. The molecular weight excluding hydrogens is 574 g/mol. The maximum atomic E-state index is 14.8. The summed E-state index contributed by atoms with van der Waals surface area (Å²) < 4.78 is 59.4. The second kappa shape index (κ2) is 11.5. The van der Waals surface area contributed by atoms with E-state index < -0.39 is 32.5 Å². The molecular formula is C28H24F2N4O5S2. The number of hydrogen-bond acceptors (Lipinski definition) is 7. The highest BCUT2D eigenvalue weighted by molar-refractivity contribution is 7.89. The molecule has 0 saturated heterocycles. The van der Waals surface area contributed by atoms with Crippen LogP contribution in [0.15, 0.2) is 46.7 Å². The minimum atomic E-state index is -4.25. The normalized spacial score (nSPS) is 13.2. The lowest BCUT2D eigenvalue weighted by Crippen LogP contribution is -2.14.